The molecule has 0 fully saturated rings. The summed E-state index contributed by atoms with van der Waals surface area (Å²) in [4.78, 5) is 0. The zero-order valence-electron chi connectivity index (χ0n) is 14.8. The van der Waals surface area contributed by atoms with Crippen molar-refractivity contribution in [2.24, 2.45) is 0 Å². The van der Waals surface area contributed by atoms with Gasteiger partial charge in [0.05, 0.1) is 39.1 Å². The predicted molar refractivity (Wildman–Crippen MR) is 92.2 cm³/mol. The van der Waals surface area contributed by atoms with E-state index in [2.05, 4.69) is 51.4 Å². The number of hydrogen-bond donors (Lipinski definition) is 0. The van der Waals surface area contributed by atoms with Gasteiger partial charge in [0, 0.05) is 0 Å². The highest BCUT2D eigenvalue weighted by atomic mass is 79.9. The van der Waals surface area contributed by atoms with Gasteiger partial charge in [-0.15, -0.1) is 12.8 Å². The second-order valence-corrected chi connectivity index (χ2v) is 5.66. The molecular weight excluding hydrogens is 336 g/mol. The summed E-state index contributed by atoms with van der Waals surface area (Å²) in [7, 11) is 0. The van der Waals surface area contributed by atoms with Crippen molar-refractivity contribution in [2.45, 2.75) is 34.1 Å². The fourth-order valence-corrected chi connectivity index (χ4v) is 2.56. The zero-order chi connectivity index (χ0) is 16.2. The Morgan fingerprint density at radius 1 is 0.682 bits per heavy atom. The Morgan fingerprint density at radius 2 is 1.14 bits per heavy atom. The zero-order valence-corrected chi connectivity index (χ0v) is 16.4. The lowest BCUT2D eigenvalue weighted by atomic mass is 10.2. The third kappa shape index (κ3) is 7.38. The second-order valence-electron chi connectivity index (χ2n) is 5.66. The number of quaternary nitrogens is 2. The fraction of sp³-hybridized carbons (Fsp3) is 0.684. The van der Waals surface area contributed by atoms with E-state index in [1.807, 2.05) is 0 Å². The lowest BCUT2D eigenvalue weighted by Crippen LogP contribution is -3.00. The van der Waals surface area contributed by atoms with Crippen LogP contribution in [0.1, 0.15) is 34.1 Å². The van der Waals surface area contributed by atoms with Crippen LogP contribution in [-0.2, 0) is 0 Å². The van der Waals surface area contributed by atoms with E-state index in [1.165, 1.54) is 0 Å². The maximum absolute atomic E-state index is 5.50. The number of rotatable bonds is 9. The van der Waals surface area contributed by atoms with Gasteiger partial charge in [0.1, 0.15) is 19.6 Å². The molecule has 2 nitrogen and oxygen atoms in total. The molecule has 0 rings (SSSR count). The van der Waals surface area contributed by atoms with E-state index in [0.29, 0.717) is 0 Å². The summed E-state index contributed by atoms with van der Waals surface area (Å²) in [5.74, 6) is 12.3. The van der Waals surface area contributed by atoms with Crippen LogP contribution in [0.2, 0.25) is 0 Å². The molecule has 0 aromatic heterocycles. The number of nitrogens with zero attached hydrogens (tertiary/aromatic N) is 2. The molecule has 0 aliphatic heterocycles. The van der Waals surface area contributed by atoms with Crippen molar-refractivity contribution in [1.82, 2.24) is 0 Å². The molecule has 0 aliphatic carbocycles. The normalized spacial score (nSPS) is 10.6. The average Bonchev–Trinajstić information content (AvgIpc) is 2.52. The minimum Gasteiger partial charge on any atom is -1.00 e. The summed E-state index contributed by atoms with van der Waals surface area (Å²) in [5.41, 5.74) is 0. The van der Waals surface area contributed by atoms with Gasteiger partial charge in [-0.25, -0.2) is 0 Å². The highest BCUT2D eigenvalue weighted by molar-refractivity contribution is 5.00. The second kappa shape index (κ2) is 12.6. The molecule has 0 heterocycles. The van der Waals surface area contributed by atoms with Crippen LogP contribution < -0.4 is 17.0 Å². The number of hydrogen-bond acceptors (Lipinski definition) is 0. The third-order valence-corrected chi connectivity index (χ3v) is 4.79. The molecule has 0 spiro atoms. The molecule has 0 aromatic carbocycles. The van der Waals surface area contributed by atoms with Crippen molar-refractivity contribution in [3.05, 3.63) is 0 Å². The van der Waals surface area contributed by atoms with E-state index in [9.17, 15) is 0 Å². The monoisotopic (exact) mass is 367 g/mol. The molecule has 124 valence electrons. The average molecular weight is 368 g/mol. The Hall–Kier alpha value is -0.920. The summed E-state index contributed by atoms with van der Waals surface area (Å²) in [6.45, 7) is 16.5. The Morgan fingerprint density at radius 3 is 1.55 bits per heavy atom. The van der Waals surface area contributed by atoms with Crippen molar-refractivity contribution < 1.29 is 25.9 Å². The van der Waals surface area contributed by atoms with Gasteiger partial charge >= 0.3 is 0 Å². The molecule has 3 heteroatoms. The van der Waals surface area contributed by atoms with Crippen LogP contribution in [0.5, 0.6) is 0 Å². The molecule has 0 unspecified atom stereocenters. The van der Waals surface area contributed by atoms with Gasteiger partial charge in [0.2, 0.25) is 0 Å². The third-order valence-electron chi connectivity index (χ3n) is 4.79. The highest BCUT2D eigenvalue weighted by Gasteiger charge is 2.21. The van der Waals surface area contributed by atoms with Crippen LogP contribution in [-0.4, -0.2) is 61.3 Å². The van der Waals surface area contributed by atoms with Crippen molar-refractivity contribution in [3.63, 3.8) is 0 Å². The van der Waals surface area contributed by atoms with Crippen LogP contribution >= 0.6 is 0 Å². The van der Waals surface area contributed by atoms with Gasteiger partial charge < -0.3 is 25.9 Å². The standard InChI is InChI=1S/C19H32N2.BrH/c1-7-16-20(9-3,10-4)18-14-13-15-19-21(11-5,12-6)17-8-2;/h1-2H,9-12,14,16-19H2,3-6H3;1H/q+2;/p-1. The van der Waals surface area contributed by atoms with E-state index in [0.717, 1.165) is 67.7 Å². The van der Waals surface area contributed by atoms with E-state index in [1.54, 1.807) is 0 Å². The Balaban J connectivity index is 0. The number of halogens is 1. The first kappa shape index (κ1) is 23.3. The van der Waals surface area contributed by atoms with Crippen LogP contribution in [0, 0.1) is 36.5 Å². The summed E-state index contributed by atoms with van der Waals surface area (Å²) >= 11 is 0. The molecule has 0 saturated heterocycles. The smallest absolute Gasteiger partial charge is 0.141 e. The van der Waals surface area contributed by atoms with Crippen molar-refractivity contribution >= 4 is 0 Å². The maximum atomic E-state index is 5.50. The topological polar surface area (TPSA) is 0 Å². The van der Waals surface area contributed by atoms with Gasteiger partial charge in [-0.1, -0.05) is 5.92 Å². The molecule has 0 radical (unpaired) electrons. The van der Waals surface area contributed by atoms with E-state index >= 15 is 0 Å². The quantitative estimate of drug-likeness (QED) is 0.375. The van der Waals surface area contributed by atoms with Gasteiger partial charge in [0.15, 0.2) is 0 Å². The highest BCUT2D eigenvalue weighted by Crippen LogP contribution is 2.07. The largest absolute Gasteiger partial charge is 1.00 e. The fourth-order valence-electron chi connectivity index (χ4n) is 2.56. The first-order valence-corrected chi connectivity index (χ1v) is 8.10. The van der Waals surface area contributed by atoms with Gasteiger partial charge in [-0.3, -0.25) is 0 Å². The van der Waals surface area contributed by atoms with Gasteiger partial charge in [-0.2, -0.15) is 0 Å². The van der Waals surface area contributed by atoms with E-state index in [4.69, 9.17) is 12.8 Å². The first-order valence-electron chi connectivity index (χ1n) is 8.10. The molecule has 0 saturated carbocycles. The Labute approximate surface area is 149 Å². The molecule has 22 heavy (non-hydrogen) atoms. The molecular formula is C19H32BrN2+. The molecule has 0 aliphatic rings. The summed E-state index contributed by atoms with van der Waals surface area (Å²) in [6.07, 6.45) is 11.9. The van der Waals surface area contributed by atoms with Crippen LogP contribution in [0.4, 0.5) is 0 Å². The minimum atomic E-state index is 0. The van der Waals surface area contributed by atoms with Gasteiger partial charge in [-0.05, 0) is 45.5 Å². The molecule has 0 aromatic rings. The Kier molecular flexibility index (Phi) is 13.4. The number of terminal acetylenes is 2. The van der Waals surface area contributed by atoms with Crippen molar-refractivity contribution in [3.8, 4) is 36.5 Å². The maximum Gasteiger partial charge on any atom is 0.141 e. The SMILES string of the molecule is C#CC[N+](CC)(CC)CC#CCC[N+](CC)(CC)CC#C.[Br-]. The minimum absolute atomic E-state index is 0. The summed E-state index contributed by atoms with van der Waals surface area (Å²) in [6, 6.07) is 0. The summed E-state index contributed by atoms with van der Waals surface area (Å²) < 4.78 is 1.87. The van der Waals surface area contributed by atoms with E-state index < -0.39 is 0 Å². The lowest BCUT2D eigenvalue weighted by Gasteiger charge is -2.34. The van der Waals surface area contributed by atoms with Gasteiger partial charge in [0.25, 0.3) is 0 Å². The van der Waals surface area contributed by atoms with Crippen molar-refractivity contribution in [2.75, 3.05) is 52.4 Å². The Bertz CT molecular complexity index is 423. The molecule has 0 N–H and O–H groups in total. The van der Waals surface area contributed by atoms with Crippen LogP contribution in [0.25, 0.3) is 0 Å². The summed E-state index contributed by atoms with van der Waals surface area (Å²) in [5, 5.41) is 0. The first-order chi connectivity index (χ1) is 10.1. The molecule has 0 bridgehead atoms. The lowest BCUT2D eigenvalue weighted by molar-refractivity contribution is -0.917. The van der Waals surface area contributed by atoms with E-state index in [-0.39, 0.29) is 17.0 Å². The van der Waals surface area contributed by atoms with Crippen LogP contribution in [0.15, 0.2) is 0 Å². The van der Waals surface area contributed by atoms with Crippen molar-refractivity contribution in [1.29, 1.82) is 0 Å². The van der Waals surface area contributed by atoms with Crippen LogP contribution in [0.3, 0.4) is 0 Å². The predicted octanol–water partition coefficient (Wildman–Crippen LogP) is -0.636. The molecule has 0 atom stereocenters. The molecule has 0 amide bonds.